The zero-order valence-electron chi connectivity index (χ0n) is 14.2. The highest BCUT2D eigenvalue weighted by Crippen LogP contribution is 2.15. The van der Waals surface area contributed by atoms with Gasteiger partial charge in [0.2, 0.25) is 10.0 Å². The number of thiophene rings is 1. The number of nitrogens with zero attached hydrogens (tertiary/aromatic N) is 1. The van der Waals surface area contributed by atoms with E-state index in [4.69, 9.17) is 5.11 Å². The Hall–Kier alpha value is -2.23. The second kappa shape index (κ2) is 8.93. The highest BCUT2D eigenvalue weighted by atomic mass is 32.2. The topological polar surface area (TPSA) is 104 Å². The molecule has 2 rings (SSSR count). The molecule has 7 nitrogen and oxygen atoms in total. The van der Waals surface area contributed by atoms with Crippen molar-refractivity contribution in [1.29, 1.82) is 0 Å². The minimum Gasteiger partial charge on any atom is -0.481 e. The predicted molar refractivity (Wildman–Crippen MR) is 98.6 cm³/mol. The number of rotatable bonds is 9. The number of amides is 1. The minimum absolute atomic E-state index is 0.0128. The molecule has 1 heterocycles. The van der Waals surface area contributed by atoms with Crippen molar-refractivity contribution in [2.75, 3.05) is 13.6 Å². The molecular weight excluding hydrogens is 376 g/mol. The minimum atomic E-state index is -3.74. The molecule has 1 aromatic heterocycles. The smallest absolute Gasteiger partial charge is 0.303 e. The van der Waals surface area contributed by atoms with E-state index in [0.29, 0.717) is 6.42 Å². The zero-order valence-corrected chi connectivity index (χ0v) is 15.8. The van der Waals surface area contributed by atoms with Crippen LogP contribution < -0.4 is 4.72 Å². The Balaban J connectivity index is 2.05. The van der Waals surface area contributed by atoms with E-state index in [1.165, 1.54) is 40.5 Å². The van der Waals surface area contributed by atoms with Gasteiger partial charge in [-0.25, -0.2) is 13.1 Å². The van der Waals surface area contributed by atoms with Crippen LogP contribution in [-0.4, -0.2) is 43.9 Å². The molecule has 0 bridgehead atoms. The Morgan fingerprint density at radius 1 is 1.23 bits per heavy atom. The SMILES string of the molecule is CN(CCCC(=O)O)C(=O)c1cccc(S(=O)(=O)NCc2cccs2)c1. The van der Waals surface area contributed by atoms with E-state index in [2.05, 4.69) is 4.72 Å². The van der Waals surface area contributed by atoms with E-state index < -0.39 is 16.0 Å². The van der Waals surface area contributed by atoms with E-state index in [1.54, 1.807) is 7.05 Å². The lowest BCUT2D eigenvalue weighted by Crippen LogP contribution is -2.28. The van der Waals surface area contributed by atoms with Crippen LogP contribution in [-0.2, 0) is 21.4 Å². The standard InChI is InChI=1S/C17H20N2O5S2/c1-19(9-3-8-16(20)21)17(22)13-5-2-7-15(11-13)26(23,24)18-12-14-6-4-10-25-14/h2,4-7,10-11,18H,3,8-9,12H2,1H3,(H,20,21). The van der Waals surface area contributed by atoms with Gasteiger partial charge in [0.25, 0.3) is 5.91 Å². The van der Waals surface area contributed by atoms with Crippen LogP contribution >= 0.6 is 11.3 Å². The zero-order chi connectivity index (χ0) is 19.2. The number of hydrogen-bond acceptors (Lipinski definition) is 5. The van der Waals surface area contributed by atoms with Crippen LogP contribution in [0.3, 0.4) is 0 Å². The maximum atomic E-state index is 12.4. The normalized spacial score (nSPS) is 11.3. The third-order valence-corrected chi connectivity index (χ3v) is 5.91. The molecule has 0 saturated carbocycles. The Morgan fingerprint density at radius 3 is 2.65 bits per heavy atom. The Labute approximate surface area is 156 Å². The van der Waals surface area contributed by atoms with Crippen molar-refractivity contribution in [2.45, 2.75) is 24.3 Å². The van der Waals surface area contributed by atoms with Crippen LogP contribution in [0.25, 0.3) is 0 Å². The van der Waals surface area contributed by atoms with Gasteiger partial charge in [0.15, 0.2) is 0 Å². The number of hydrogen-bond donors (Lipinski definition) is 2. The summed E-state index contributed by atoms with van der Waals surface area (Å²) in [5.41, 5.74) is 0.238. The summed E-state index contributed by atoms with van der Waals surface area (Å²) in [5, 5.41) is 10.5. The van der Waals surface area contributed by atoms with Gasteiger partial charge >= 0.3 is 5.97 Å². The van der Waals surface area contributed by atoms with Gasteiger partial charge in [-0.15, -0.1) is 11.3 Å². The maximum Gasteiger partial charge on any atom is 0.303 e. The Morgan fingerprint density at radius 2 is 2.00 bits per heavy atom. The fourth-order valence-electron chi connectivity index (χ4n) is 2.25. The van der Waals surface area contributed by atoms with Crippen LogP contribution in [0.2, 0.25) is 0 Å². The number of sulfonamides is 1. The molecule has 1 aromatic carbocycles. The van der Waals surface area contributed by atoms with Gasteiger partial charge in [0, 0.05) is 37.0 Å². The summed E-state index contributed by atoms with van der Waals surface area (Å²) >= 11 is 1.45. The van der Waals surface area contributed by atoms with Crippen molar-refractivity contribution >= 4 is 33.2 Å². The summed E-state index contributed by atoms with van der Waals surface area (Å²) in [5.74, 6) is -1.28. The number of carbonyl (C=O) groups excluding carboxylic acids is 1. The van der Waals surface area contributed by atoms with Crippen LogP contribution in [0.1, 0.15) is 28.1 Å². The molecule has 0 radical (unpaired) electrons. The molecule has 0 atom stereocenters. The third-order valence-electron chi connectivity index (χ3n) is 3.64. The molecule has 1 amide bonds. The first-order valence-electron chi connectivity index (χ1n) is 7.89. The molecule has 26 heavy (non-hydrogen) atoms. The molecule has 0 unspecified atom stereocenters. The van der Waals surface area contributed by atoms with Crippen molar-refractivity contribution in [1.82, 2.24) is 9.62 Å². The molecule has 0 aliphatic carbocycles. The fourth-order valence-corrected chi connectivity index (χ4v) is 4.04. The quantitative estimate of drug-likeness (QED) is 0.676. The molecule has 0 spiro atoms. The van der Waals surface area contributed by atoms with Crippen LogP contribution in [0.5, 0.6) is 0 Å². The van der Waals surface area contributed by atoms with E-state index in [1.807, 2.05) is 17.5 Å². The van der Waals surface area contributed by atoms with E-state index in [-0.39, 0.29) is 35.9 Å². The van der Waals surface area contributed by atoms with E-state index in [9.17, 15) is 18.0 Å². The number of nitrogens with one attached hydrogen (secondary N) is 1. The molecule has 0 saturated heterocycles. The van der Waals surface area contributed by atoms with Gasteiger partial charge in [-0.1, -0.05) is 12.1 Å². The van der Waals surface area contributed by atoms with Gasteiger partial charge < -0.3 is 10.0 Å². The summed E-state index contributed by atoms with van der Waals surface area (Å²) in [7, 11) is -2.18. The monoisotopic (exact) mass is 396 g/mol. The van der Waals surface area contributed by atoms with Crippen molar-refractivity contribution in [3.8, 4) is 0 Å². The largest absolute Gasteiger partial charge is 0.481 e. The van der Waals surface area contributed by atoms with E-state index in [0.717, 1.165) is 4.88 Å². The predicted octanol–water partition coefficient (Wildman–Crippen LogP) is 2.16. The molecule has 140 valence electrons. The summed E-state index contributed by atoms with van der Waals surface area (Å²) in [4.78, 5) is 25.2. The molecular formula is C17H20N2O5S2. The first-order chi connectivity index (χ1) is 12.3. The van der Waals surface area contributed by atoms with Crippen LogP contribution in [0.4, 0.5) is 0 Å². The molecule has 0 aliphatic rings. The number of aliphatic carboxylic acids is 1. The Kier molecular flexibility index (Phi) is 6.90. The van der Waals surface area contributed by atoms with E-state index >= 15 is 0 Å². The second-order valence-electron chi connectivity index (χ2n) is 5.66. The number of benzene rings is 1. The highest BCUT2D eigenvalue weighted by molar-refractivity contribution is 7.89. The van der Waals surface area contributed by atoms with Gasteiger partial charge in [-0.3, -0.25) is 9.59 Å². The van der Waals surface area contributed by atoms with Crippen LogP contribution in [0, 0.1) is 0 Å². The fraction of sp³-hybridized carbons (Fsp3) is 0.294. The first-order valence-corrected chi connectivity index (χ1v) is 10.3. The number of carboxylic acid groups (broad SMARTS) is 1. The maximum absolute atomic E-state index is 12.4. The summed E-state index contributed by atoms with van der Waals surface area (Å²) in [6.45, 7) is 0.464. The molecule has 9 heteroatoms. The van der Waals surface area contributed by atoms with Gasteiger partial charge in [0.05, 0.1) is 4.90 Å². The van der Waals surface area contributed by atoms with Crippen molar-refractivity contribution in [3.05, 3.63) is 52.2 Å². The third kappa shape index (κ3) is 5.65. The lowest BCUT2D eigenvalue weighted by molar-refractivity contribution is -0.137. The average Bonchev–Trinajstić information content (AvgIpc) is 3.13. The van der Waals surface area contributed by atoms with Crippen molar-refractivity contribution in [2.24, 2.45) is 0 Å². The highest BCUT2D eigenvalue weighted by Gasteiger charge is 2.18. The molecule has 0 aliphatic heterocycles. The van der Waals surface area contributed by atoms with Gasteiger partial charge in [-0.05, 0) is 36.1 Å². The summed E-state index contributed by atoms with van der Waals surface area (Å²) in [6, 6.07) is 9.48. The number of carboxylic acids is 1. The number of carbonyl (C=O) groups is 2. The first kappa shape index (κ1) is 20.1. The lowest BCUT2D eigenvalue weighted by Gasteiger charge is -2.17. The molecule has 2 N–H and O–H groups in total. The van der Waals surface area contributed by atoms with Crippen molar-refractivity contribution in [3.63, 3.8) is 0 Å². The van der Waals surface area contributed by atoms with Gasteiger partial charge in [-0.2, -0.15) is 0 Å². The Bertz CT molecular complexity index is 863. The van der Waals surface area contributed by atoms with Crippen molar-refractivity contribution < 1.29 is 23.1 Å². The molecule has 0 fully saturated rings. The summed E-state index contributed by atoms with van der Waals surface area (Å²) < 4.78 is 27.4. The van der Waals surface area contributed by atoms with Crippen LogP contribution in [0.15, 0.2) is 46.7 Å². The summed E-state index contributed by atoms with van der Waals surface area (Å²) in [6.07, 6.45) is 0.302. The van der Waals surface area contributed by atoms with Gasteiger partial charge in [0.1, 0.15) is 0 Å². The average molecular weight is 396 g/mol. The molecule has 2 aromatic rings. The lowest BCUT2D eigenvalue weighted by atomic mass is 10.2. The second-order valence-corrected chi connectivity index (χ2v) is 8.45.